The van der Waals surface area contributed by atoms with Crippen molar-refractivity contribution in [3.63, 3.8) is 0 Å². The third kappa shape index (κ3) is 3.87. The highest BCUT2D eigenvalue weighted by molar-refractivity contribution is 6.31. The fourth-order valence-corrected chi connectivity index (χ4v) is 3.82. The van der Waals surface area contributed by atoms with E-state index < -0.39 is 29.5 Å². The summed E-state index contributed by atoms with van der Waals surface area (Å²) in [4.78, 5) is 18.5. The number of aromatic nitrogens is 4. The van der Waals surface area contributed by atoms with Crippen LogP contribution in [0.4, 0.5) is 17.6 Å². The molecule has 0 bridgehead atoms. The Morgan fingerprint density at radius 3 is 2.65 bits per heavy atom. The van der Waals surface area contributed by atoms with E-state index in [4.69, 9.17) is 11.6 Å². The summed E-state index contributed by atoms with van der Waals surface area (Å²) in [6.45, 7) is 3.55. The number of carbonyl (C=O) groups is 1. The van der Waals surface area contributed by atoms with Crippen molar-refractivity contribution in [1.82, 2.24) is 24.9 Å². The molecule has 4 rings (SSSR count). The summed E-state index contributed by atoms with van der Waals surface area (Å²) in [5.74, 6) is -0.636. The van der Waals surface area contributed by atoms with Crippen molar-refractivity contribution >= 4 is 17.5 Å². The fourth-order valence-electron chi connectivity index (χ4n) is 3.58. The van der Waals surface area contributed by atoms with Crippen molar-refractivity contribution in [1.29, 1.82) is 0 Å². The van der Waals surface area contributed by atoms with E-state index in [0.29, 0.717) is 29.2 Å². The van der Waals surface area contributed by atoms with Gasteiger partial charge in [-0.1, -0.05) is 16.8 Å². The number of alkyl halides is 3. The van der Waals surface area contributed by atoms with Crippen molar-refractivity contribution in [3.05, 3.63) is 69.4 Å². The Labute approximate surface area is 179 Å². The number of hydrogen-bond donors (Lipinski definition) is 0. The van der Waals surface area contributed by atoms with Gasteiger partial charge < -0.3 is 4.90 Å². The molecule has 0 fully saturated rings. The summed E-state index contributed by atoms with van der Waals surface area (Å²) in [5, 5.41) is 8.06. The number of aryl methyl sites for hydroxylation is 1. The SMILES string of the molecule is Cc1cc(-n2nnc3c2CCN(C(=O)c2cc(Cl)cc(C(F)(F)F)c2)C3C)ncc1F. The molecule has 0 saturated heterocycles. The van der Waals surface area contributed by atoms with Crippen LogP contribution in [0.1, 0.15) is 45.8 Å². The molecule has 11 heteroatoms. The lowest BCUT2D eigenvalue weighted by Gasteiger charge is -2.32. The fraction of sp³-hybridized carbons (Fsp3) is 0.300. The lowest BCUT2D eigenvalue weighted by Crippen LogP contribution is -2.39. The molecule has 6 nitrogen and oxygen atoms in total. The number of nitrogens with zero attached hydrogens (tertiary/aromatic N) is 5. The average Bonchev–Trinajstić information content (AvgIpc) is 3.14. The van der Waals surface area contributed by atoms with E-state index in [1.165, 1.54) is 21.7 Å². The first-order valence-corrected chi connectivity index (χ1v) is 9.70. The molecule has 1 aliphatic heterocycles. The van der Waals surface area contributed by atoms with Crippen molar-refractivity contribution in [2.24, 2.45) is 0 Å². The van der Waals surface area contributed by atoms with Crippen LogP contribution in [-0.2, 0) is 12.6 Å². The van der Waals surface area contributed by atoms with Crippen molar-refractivity contribution in [2.75, 3.05) is 6.54 Å². The predicted octanol–water partition coefficient (Wildman–Crippen LogP) is 4.54. The van der Waals surface area contributed by atoms with E-state index >= 15 is 0 Å². The maximum atomic E-state index is 13.5. The van der Waals surface area contributed by atoms with Gasteiger partial charge in [-0.2, -0.15) is 17.9 Å². The molecular formula is C20H16ClF4N5O. The first kappa shape index (κ1) is 21.2. The van der Waals surface area contributed by atoms with E-state index in [1.807, 2.05) is 0 Å². The second-order valence-corrected chi connectivity index (χ2v) is 7.71. The Bertz CT molecular complexity index is 1180. The van der Waals surface area contributed by atoms with Crippen molar-refractivity contribution < 1.29 is 22.4 Å². The molecule has 1 amide bonds. The third-order valence-electron chi connectivity index (χ3n) is 5.23. The molecule has 162 valence electrons. The quantitative estimate of drug-likeness (QED) is 0.534. The van der Waals surface area contributed by atoms with Gasteiger partial charge in [0.2, 0.25) is 0 Å². The van der Waals surface area contributed by atoms with Crippen molar-refractivity contribution in [2.45, 2.75) is 32.5 Å². The molecule has 1 atom stereocenters. The third-order valence-corrected chi connectivity index (χ3v) is 5.45. The predicted molar refractivity (Wildman–Crippen MR) is 103 cm³/mol. The van der Waals surface area contributed by atoms with Gasteiger partial charge in [-0.3, -0.25) is 4.79 Å². The van der Waals surface area contributed by atoms with Gasteiger partial charge in [0.15, 0.2) is 5.82 Å². The molecule has 0 N–H and O–H groups in total. The van der Waals surface area contributed by atoms with Crippen molar-refractivity contribution in [3.8, 4) is 5.82 Å². The molecular weight excluding hydrogens is 438 g/mol. The number of carbonyl (C=O) groups excluding carboxylic acids is 1. The zero-order valence-electron chi connectivity index (χ0n) is 16.4. The Balaban J connectivity index is 1.65. The Kier molecular flexibility index (Phi) is 5.20. The van der Waals surface area contributed by atoms with Gasteiger partial charge >= 0.3 is 6.18 Å². The topological polar surface area (TPSA) is 63.9 Å². The molecule has 0 aliphatic carbocycles. The summed E-state index contributed by atoms with van der Waals surface area (Å²) < 4.78 is 54.4. The van der Waals surface area contributed by atoms with Gasteiger partial charge in [0, 0.05) is 23.6 Å². The van der Waals surface area contributed by atoms with E-state index in [1.54, 1.807) is 13.8 Å². The van der Waals surface area contributed by atoms with Gasteiger partial charge in [-0.05, 0) is 43.7 Å². The second kappa shape index (κ2) is 7.60. The lowest BCUT2D eigenvalue weighted by atomic mass is 10.0. The number of amides is 1. The van der Waals surface area contributed by atoms with E-state index in [9.17, 15) is 22.4 Å². The van der Waals surface area contributed by atoms with Crippen LogP contribution in [0, 0.1) is 12.7 Å². The Hall–Kier alpha value is -3.01. The molecule has 3 heterocycles. The zero-order valence-corrected chi connectivity index (χ0v) is 17.2. The van der Waals surface area contributed by atoms with Gasteiger partial charge in [-0.15, -0.1) is 5.10 Å². The highest BCUT2D eigenvalue weighted by Crippen LogP contribution is 2.34. The molecule has 0 radical (unpaired) electrons. The minimum absolute atomic E-state index is 0.154. The number of rotatable bonds is 2. The largest absolute Gasteiger partial charge is 0.416 e. The highest BCUT2D eigenvalue weighted by atomic mass is 35.5. The maximum absolute atomic E-state index is 13.5. The van der Waals surface area contributed by atoms with E-state index in [0.717, 1.165) is 18.3 Å². The van der Waals surface area contributed by atoms with E-state index in [2.05, 4.69) is 15.3 Å². The van der Waals surface area contributed by atoms with Crippen LogP contribution in [0.3, 0.4) is 0 Å². The van der Waals surface area contributed by atoms with Gasteiger partial charge in [0.05, 0.1) is 23.5 Å². The van der Waals surface area contributed by atoms with Crippen LogP contribution >= 0.6 is 11.6 Å². The van der Waals surface area contributed by atoms with Crippen LogP contribution in [0.5, 0.6) is 0 Å². The highest BCUT2D eigenvalue weighted by Gasteiger charge is 2.35. The standard InChI is InChI=1S/C20H16ClF4N5O/c1-10-5-17(26-9-15(10)22)30-16-3-4-29(11(2)18(16)27-28-30)19(31)12-6-13(20(23,24)25)8-14(21)7-12/h5-9,11H,3-4H2,1-2H3. The van der Waals surface area contributed by atoms with Crippen LogP contribution in [-0.4, -0.2) is 37.3 Å². The number of halogens is 5. The molecule has 31 heavy (non-hydrogen) atoms. The molecule has 0 saturated carbocycles. The molecule has 3 aromatic rings. The van der Waals surface area contributed by atoms with E-state index in [-0.39, 0.29) is 17.1 Å². The first-order chi connectivity index (χ1) is 14.6. The minimum Gasteiger partial charge on any atom is -0.330 e. The summed E-state index contributed by atoms with van der Waals surface area (Å²) >= 11 is 5.82. The number of benzene rings is 1. The zero-order chi connectivity index (χ0) is 22.5. The molecule has 0 spiro atoms. The summed E-state index contributed by atoms with van der Waals surface area (Å²) in [5.41, 5.74) is 0.464. The second-order valence-electron chi connectivity index (χ2n) is 7.28. The van der Waals surface area contributed by atoms with Crippen LogP contribution < -0.4 is 0 Å². The Morgan fingerprint density at radius 1 is 1.23 bits per heavy atom. The van der Waals surface area contributed by atoms with Gasteiger partial charge in [0.1, 0.15) is 11.5 Å². The van der Waals surface area contributed by atoms with Gasteiger partial charge in [0.25, 0.3) is 5.91 Å². The molecule has 1 unspecified atom stereocenters. The lowest BCUT2D eigenvalue weighted by molar-refractivity contribution is -0.137. The smallest absolute Gasteiger partial charge is 0.330 e. The molecule has 2 aromatic heterocycles. The number of fused-ring (bicyclic) bond motifs is 1. The monoisotopic (exact) mass is 453 g/mol. The summed E-state index contributed by atoms with van der Waals surface area (Å²) in [6.07, 6.45) is -3.18. The summed E-state index contributed by atoms with van der Waals surface area (Å²) in [7, 11) is 0. The molecule has 1 aromatic carbocycles. The Morgan fingerprint density at radius 2 is 1.97 bits per heavy atom. The first-order valence-electron chi connectivity index (χ1n) is 9.32. The minimum atomic E-state index is -4.62. The van der Waals surface area contributed by atoms with Crippen LogP contribution in [0.25, 0.3) is 5.82 Å². The van der Waals surface area contributed by atoms with Crippen LogP contribution in [0.2, 0.25) is 5.02 Å². The number of hydrogen-bond acceptors (Lipinski definition) is 4. The summed E-state index contributed by atoms with van der Waals surface area (Å²) in [6, 6.07) is 3.78. The number of pyridine rings is 1. The van der Waals surface area contributed by atoms with Crippen LogP contribution in [0.15, 0.2) is 30.5 Å². The maximum Gasteiger partial charge on any atom is 0.416 e. The molecule has 1 aliphatic rings. The average molecular weight is 454 g/mol. The normalized spacial score (nSPS) is 16.4. The van der Waals surface area contributed by atoms with Gasteiger partial charge in [-0.25, -0.2) is 9.37 Å².